The molecule has 2 heteroatoms. The van der Waals surface area contributed by atoms with Gasteiger partial charge in [0.2, 0.25) is 0 Å². The molecule has 2 saturated carbocycles. The molecule has 2 N–H and O–H groups in total. The van der Waals surface area contributed by atoms with Crippen molar-refractivity contribution in [2.24, 2.45) is 17.6 Å². The number of benzene rings is 1. The third kappa shape index (κ3) is 1.82. The molecule has 16 heavy (non-hydrogen) atoms. The van der Waals surface area contributed by atoms with Crippen LogP contribution < -0.4 is 5.73 Å². The van der Waals surface area contributed by atoms with Gasteiger partial charge in [-0.3, -0.25) is 0 Å². The number of halogens is 1. The summed E-state index contributed by atoms with van der Waals surface area (Å²) in [7, 11) is 0. The summed E-state index contributed by atoms with van der Waals surface area (Å²) in [4.78, 5) is 0. The van der Waals surface area contributed by atoms with Gasteiger partial charge in [0.05, 0.1) is 0 Å². The van der Waals surface area contributed by atoms with Crippen molar-refractivity contribution in [3.63, 3.8) is 0 Å². The summed E-state index contributed by atoms with van der Waals surface area (Å²) < 4.78 is 1.16. The van der Waals surface area contributed by atoms with E-state index in [0.717, 1.165) is 22.7 Å². The zero-order valence-electron chi connectivity index (χ0n) is 9.45. The van der Waals surface area contributed by atoms with E-state index in [2.05, 4.69) is 40.2 Å². The number of fused-ring (bicyclic) bond motifs is 2. The molecule has 0 amide bonds. The molecular formula is C14H18BrN. The Morgan fingerprint density at radius 2 is 2.25 bits per heavy atom. The van der Waals surface area contributed by atoms with Crippen molar-refractivity contribution in [2.75, 3.05) is 0 Å². The van der Waals surface area contributed by atoms with Gasteiger partial charge in [-0.25, -0.2) is 0 Å². The lowest BCUT2D eigenvalue weighted by Crippen LogP contribution is -2.46. The van der Waals surface area contributed by atoms with Crippen molar-refractivity contribution < 1.29 is 0 Å². The quantitative estimate of drug-likeness (QED) is 0.881. The molecule has 0 saturated heterocycles. The molecule has 1 nitrogen and oxygen atoms in total. The molecule has 0 heterocycles. The zero-order chi connectivity index (χ0) is 11.2. The Morgan fingerprint density at radius 1 is 1.38 bits per heavy atom. The summed E-state index contributed by atoms with van der Waals surface area (Å²) >= 11 is 3.53. The highest BCUT2D eigenvalue weighted by Gasteiger charge is 2.48. The van der Waals surface area contributed by atoms with Gasteiger partial charge in [-0.1, -0.05) is 34.5 Å². The Balaban J connectivity index is 1.79. The normalized spacial score (nSPS) is 36.9. The summed E-state index contributed by atoms with van der Waals surface area (Å²) in [5.74, 6) is 1.69. The van der Waals surface area contributed by atoms with Crippen LogP contribution in [0.2, 0.25) is 0 Å². The lowest BCUT2D eigenvalue weighted by atomic mass is 9.77. The van der Waals surface area contributed by atoms with Gasteiger partial charge in [0.25, 0.3) is 0 Å². The molecule has 0 radical (unpaired) electrons. The first-order valence-electron chi connectivity index (χ1n) is 6.19. The molecule has 0 aliphatic heterocycles. The largest absolute Gasteiger partial charge is 0.325 e. The molecule has 2 bridgehead atoms. The molecule has 1 aromatic rings. The molecule has 3 rings (SSSR count). The predicted octanol–water partition coefficient (Wildman–Crippen LogP) is 3.51. The third-order valence-corrected chi connectivity index (χ3v) is 4.94. The fourth-order valence-electron chi connectivity index (χ4n) is 3.73. The Kier molecular flexibility index (Phi) is 2.60. The third-order valence-electron chi connectivity index (χ3n) is 4.45. The molecule has 2 aliphatic rings. The first-order valence-corrected chi connectivity index (χ1v) is 6.98. The second-order valence-electron chi connectivity index (χ2n) is 5.62. The van der Waals surface area contributed by atoms with Gasteiger partial charge in [0, 0.05) is 10.0 Å². The second kappa shape index (κ2) is 3.85. The maximum Gasteiger partial charge on any atom is 0.0226 e. The lowest BCUT2D eigenvalue weighted by Gasteiger charge is -2.34. The molecule has 3 unspecified atom stereocenters. The van der Waals surface area contributed by atoms with Crippen molar-refractivity contribution in [3.05, 3.63) is 34.3 Å². The number of hydrogen-bond donors (Lipinski definition) is 1. The first kappa shape index (κ1) is 10.8. The highest BCUT2D eigenvalue weighted by Crippen LogP contribution is 2.50. The maximum absolute atomic E-state index is 6.61. The highest BCUT2D eigenvalue weighted by molar-refractivity contribution is 9.10. The Morgan fingerprint density at radius 3 is 2.88 bits per heavy atom. The monoisotopic (exact) mass is 279 g/mol. The predicted molar refractivity (Wildman–Crippen MR) is 70.2 cm³/mol. The van der Waals surface area contributed by atoms with Crippen LogP contribution in [0.25, 0.3) is 0 Å². The minimum absolute atomic E-state index is 0.0870. The van der Waals surface area contributed by atoms with E-state index in [4.69, 9.17) is 5.73 Å². The molecule has 2 fully saturated rings. The standard InChI is InChI=1S/C14H18BrN/c15-13-3-1-2-10(7-13)8-14(16)9-11-4-5-12(14)6-11/h1-3,7,11-12H,4-6,8-9,16H2. The fourth-order valence-corrected chi connectivity index (χ4v) is 4.18. The van der Waals surface area contributed by atoms with Crippen LogP contribution in [0.1, 0.15) is 31.2 Å². The molecule has 0 spiro atoms. The van der Waals surface area contributed by atoms with Crippen LogP contribution in [0.15, 0.2) is 28.7 Å². The van der Waals surface area contributed by atoms with Crippen LogP contribution in [0.4, 0.5) is 0 Å². The zero-order valence-corrected chi connectivity index (χ0v) is 11.0. The topological polar surface area (TPSA) is 26.0 Å². The van der Waals surface area contributed by atoms with E-state index in [0.29, 0.717) is 0 Å². The van der Waals surface area contributed by atoms with Crippen LogP contribution in [0.5, 0.6) is 0 Å². The summed E-state index contributed by atoms with van der Waals surface area (Å²) in [5.41, 5.74) is 8.08. The number of rotatable bonds is 2. The van der Waals surface area contributed by atoms with Gasteiger partial charge < -0.3 is 5.73 Å². The fraction of sp³-hybridized carbons (Fsp3) is 0.571. The summed E-state index contributed by atoms with van der Waals surface area (Å²) in [5, 5.41) is 0. The van der Waals surface area contributed by atoms with E-state index in [-0.39, 0.29) is 5.54 Å². The Hall–Kier alpha value is -0.340. The van der Waals surface area contributed by atoms with Crippen LogP contribution in [-0.4, -0.2) is 5.54 Å². The van der Waals surface area contributed by atoms with E-state index < -0.39 is 0 Å². The van der Waals surface area contributed by atoms with Crippen molar-refractivity contribution in [1.29, 1.82) is 0 Å². The Bertz CT molecular complexity index is 403. The summed E-state index contributed by atoms with van der Waals surface area (Å²) in [6.07, 6.45) is 6.44. The maximum atomic E-state index is 6.61. The second-order valence-corrected chi connectivity index (χ2v) is 6.54. The average Bonchev–Trinajstić information content (AvgIpc) is 2.76. The Labute approximate surface area is 106 Å². The molecular weight excluding hydrogens is 262 g/mol. The van der Waals surface area contributed by atoms with Crippen LogP contribution in [-0.2, 0) is 6.42 Å². The number of hydrogen-bond acceptors (Lipinski definition) is 1. The first-order chi connectivity index (χ1) is 7.66. The summed E-state index contributed by atoms with van der Waals surface area (Å²) in [6, 6.07) is 8.59. The van der Waals surface area contributed by atoms with E-state index in [1.807, 2.05) is 0 Å². The van der Waals surface area contributed by atoms with Crippen molar-refractivity contribution in [2.45, 2.75) is 37.6 Å². The van der Waals surface area contributed by atoms with Gasteiger partial charge >= 0.3 is 0 Å². The smallest absolute Gasteiger partial charge is 0.0226 e. The van der Waals surface area contributed by atoms with Crippen molar-refractivity contribution in [1.82, 2.24) is 0 Å². The van der Waals surface area contributed by atoms with E-state index >= 15 is 0 Å². The summed E-state index contributed by atoms with van der Waals surface area (Å²) in [6.45, 7) is 0. The average molecular weight is 280 g/mol. The van der Waals surface area contributed by atoms with Crippen molar-refractivity contribution in [3.8, 4) is 0 Å². The van der Waals surface area contributed by atoms with Gasteiger partial charge in [-0.2, -0.15) is 0 Å². The van der Waals surface area contributed by atoms with Crippen LogP contribution >= 0.6 is 15.9 Å². The molecule has 0 aromatic heterocycles. The molecule has 3 atom stereocenters. The number of nitrogens with two attached hydrogens (primary N) is 1. The van der Waals surface area contributed by atoms with Gasteiger partial charge in [-0.05, 0) is 55.2 Å². The minimum Gasteiger partial charge on any atom is -0.325 e. The van der Waals surface area contributed by atoms with Crippen LogP contribution in [0.3, 0.4) is 0 Å². The van der Waals surface area contributed by atoms with E-state index in [1.165, 1.54) is 31.2 Å². The lowest BCUT2D eigenvalue weighted by molar-refractivity contribution is 0.269. The van der Waals surface area contributed by atoms with Gasteiger partial charge in [-0.15, -0.1) is 0 Å². The molecule has 1 aromatic carbocycles. The van der Waals surface area contributed by atoms with E-state index in [1.54, 1.807) is 0 Å². The molecule has 86 valence electrons. The van der Waals surface area contributed by atoms with E-state index in [9.17, 15) is 0 Å². The van der Waals surface area contributed by atoms with Crippen LogP contribution in [0, 0.1) is 11.8 Å². The highest BCUT2D eigenvalue weighted by atomic mass is 79.9. The van der Waals surface area contributed by atoms with Crippen molar-refractivity contribution >= 4 is 15.9 Å². The van der Waals surface area contributed by atoms with Gasteiger partial charge in [0.15, 0.2) is 0 Å². The van der Waals surface area contributed by atoms with Gasteiger partial charge in [0.1, 0.15) is 0 Å². The SMILES string of the molecule is NC1(Cc2cccc(Br)c2)CC2CCC1C2. The molecule has 2 aliphatic carbocycles. The minimum atomic E-state index is 0.0870.